The van der Waals surface area contributed by atoms with E-state index in [1.807, 2.05) is 50.0 Å². The molecule has 0 bridgehead atoms. The predicted octanol–water partition coefficient (Wildman–Crippen LogP) is 5.45. The molecule has 4 heterocycles. The molecule has 0 radical (unpaired) electrons. The molecule has 1 fully saturated rings. The quantitative estimate of drug-likeness (QED) is 0.306. The molecule has 2 aromatic carbocycles. The van der Waals surface area contributed by atoms with Crippen molar-refractivity contribution in [3.63, 3.8) is 0 Å². The van der Waals surface area contributed by atoms with Gasteiger partial charge >= 0.3 is 5.92 Å². The second kappa shape index (κ2) is 8.81. The number of nitrogens with zero attached hydrogens (tertiary/aromatic N) is 6. The van der Waals surface area contributed by atoms with Crippen LogP contribution in [-0.4, -0.2) is 52.9 Å². The summed E-state index contributed by atoms with van der Waals surface area (Å²) in [7, 11) is 1.92. The maximum absolute atomic E-state index is 14.7. The lowest BCUT2D eigenvalue weighted by molar-refractivity contribution is -0.0548. The Labute approximate surface area is 224 Å². The van der Waals surface area contributed by atoms with Crippen LogP contribution < -0.4 is 0 Å². The minimum absolute atomic E-state index is 0.138. The van der Waals surface area contributed by atoms with Gasteiger partial charge in [0.2, 0.25) is 0 Å². The molecule has 1 saturated carbocycles. The lowest BCUT2D eigenvalue weighted by atomic mass is 9.96. The van der Waals surface area contributed by atoms with Crippen molar-refractivity contribution in [1.29, 1.82) is 0 Å². The Balaban J connectivity index is 1.18. The van der Waals surface area contributed by atoms with Gasteiger partial charge in [-0.3, -0.25) is 14.7 Å². The molecule has 1 aliphatic carbocycles. The lowest BCUT2D eigenvalue weighted by Crippen LogP contribution is -2.40. The number of likely N-dealkylation sites (N-methyl/N-ethyl adjacent to an activating group) is 1. The van der Waals surface area contributed by atoms with Crippen molar-refractivity contribution in [2.24, 2.45) is 7.05 Å². The van der Waals surface area contributed by atoms with E-state index < -0.39 is 5.92 Å². The Hall–Kier alpha value is -3.92. The van der Waals surface area contributed by atoms with Crippen molar-refractivity contribution in [2.45, 2.75) is 51.5 Å². The van der Waals surface area contributed by atoms with Crippen molar-refractivity contribution in [3.8, 4) is 22.8 Å². The highest BCUT2D eigenvalue weighted by molar-refractivity contribution is 5.84. The largest absolute Gasteiger partial charge is 0.340 e. The second-order valence-electron chi connectivity index (χ2n) is 10.8. The molecular weight excluding hydrogens is 498 g/mol. The normalized spacial score (nSPS) is 17.2. The number of aromatic amines is 2. The van der Waals surface area contributed by atoms with E-state index in [0.29, 0.717) is 42.8 Å². The summed E-state index contributed by atoms with van der Waals surface area (Å²) >= 11 is 0. The van der Waals surface area contributed by atoms with Crippen molar-refractivity contribution in [2.75, 3.05) is 13.1 Å². The van der Waals surface area contributed by atoms with Gasteiger partial charge in [-0.05, 0) is 61.1 Å². The molecular formula is C29H30F2N8. The highest BCUT2D eigenvalue weighted by atomic mass is 19.3. The lowest BCUT2D eigenvalue weighted by Gasteiger charge is -2.30. The minimum Gasteiger partial charge on any atom is -0.340 e. The Morgan fingerprint density at radius 1 is 1.13 bits per heavy atom. The fourth-order valence-corrected chi connectivity index (χ4v) is 5.84. The number of rotatable bonds is 6. The molecule has 200 valence electrons. The zero-order chi connectivity index (χ0) is 26.9. The Morgan fingerprint density at radius 3 is 2.74 bits per heavy atom. The van der Waals surface area contributed by atoms with Gasteiger partial charge in [0.25, 0.3) is 0 Å². The van der Waals surface area contributed by atoms with Crippen LogP contribution in [0.25, 0.3) is 33.7 Å². The third-order valence-corrected chi connectivity index (χ3v) is 8.06. The summed E-state index contributed by atoms with van der Waals surface area (Å²) in [5.41, 5.74) is 6.65. The number of benzene rings is 2. The summed E-state index contributed by atoms with van der Waals surface area (Å²) in [6.07, 6.45) is 5.03. The molecule has 2 aliphatic rings. The van der Waals surface area contributed by atoms with Crippen molar-refractivity contribution in [1.82, 2.24) is 39.8 Å². The van der Waals surface area contributed by atoms with Crippen LogP contribution >= 0.6 is 0 Å². The SMILES string of the molecule is CCN1Cc2[nH]c(-c3ccc(-c4nc(Cc5ccc6[nH]ncc6c5C5CC5)n(C)n4)cc3C)nc2C(F)(F)C1. The van der Waals surface area contributed by atoms with E-state index in [-0.39, 0.29) is 12.2 Å². The molecule has 5 aromatic rings. The number of aromatic nitrogens is 7. The van der Waals surface area contributed by atoms with Gasteiger partial charge in [-0.25, -0.2) is 9.97 Å². The highest BCUT2D eigenvalue weighted by Crippen LogP contribution is 2.45. The number of hydrogen-bond acceptors (Lipinski definition) is 5. The number of aryl methyl sites for hydroxylation is 2. The Morgan fingerprint density at radius 2 is 1.97 bits per heavy atom. The molecule has 3 aromatic heterocycles. The number of halogens is 2. The maximum atomic E-state index is 14.7. The summed E-state index contributed by atoms with van der Waals surface area (Å²) in [6.45, 7) is 4.56. The first-order chi connectivity index (χ1) is 18.8. The summed E-state index contributed by atoms with van der Waals surface area (Å²) in [5, 5.41) is 13.2. The summed E-state index contributed by atoms with van der Waals surface area (Å²) in [5.74, 6) is -0.386. The Bertz CT molecular complexity index is 1710. The minimum atomic E-state index is -2.97. The zero-order valence-electron chi connectivity index (χ0n) is 22.2. The molecule has 7 rings (SSSR count). The van der Waals surface area contributed by atoms with E-state index in [9.17, 15) is 8.78 Å². The van der Waals surface area contributed by atoms with Crippen LogP contribution in [0, 0.1) is 6.92 Å². The number of H-pyrrole nitrogens is 2. The van der Waals surface area contributed by atoms with E-state index in [1.165, 1.54) is 29.4 Å². The van der Waals surface area contributed by atoms with Crippen LogP contribution in [0.15, 0.2) is 36.5 Å². The third-order valence-electron chi connectivity index (χ3n) is 8.06. The van der Waals surface area contributed by atoms with Crippen LogP contribution in [0.1, 0.15) is 59.6 Å². The van der Waals surface area contributed by atoms with E-state index in [2.05, 4.69) is 32.3 Å². The monoisotopic (exact) mass is 528 g/mol. The molecule has 2 N–H and O–H groups in total. The van der Waals surface area contributed by atoms with Crippen LogP contribution in [-0.2, 0) is 25.9 Å². The van der Waals surface area contributed by atoms with E-state index >= 15 is 0 Å². The van der Waals surface area contributed by atoms with Crippen LogP contribution in [0.5, 0.6) is 0 Å². The summed E-state index contributed by atoms with van der Waals surface area (Å²) < 4.78 is 31.3. The van der Waals surface area contributed by atoms with E-state index in [1.54, 1.807) is 4.90 Å². The van der Waals surface area contributed by atoms with Gasteiger partial charge < -0.3 is 4.98 Å². The average molecular weight is 529 g/mol. The Kier molecular flexibility index (Phi) is 5.45. The zero-order valence-corrected chi connectivity index (χ0v) is 22.2. The van der Waals surface area contributed by atoms with E-state index in [0.717, 1.165) is 28.0 Å². The molecule has 10 heteroatoms. The van der Waals surface area contributed by atoms with Gasteiger partial charge in [0.15, 0.2) is 5.82 Å². The smallest absolute Gasteiger partial charge is 0.303 e. The first-order valence-electron chi connectivity index (χ1n) is 13.5. The topological polar surface area (TPSA) is 91.3 Å². The maximum Gasteiger partial charge on any atom is 0.303 e. The van der Waals surface area contributed by atoms with Gasteiger partial charge in [-0.15, -0.1) is 0 Å². The first kappa shape index (κ1) is 24.1. The standard InChI is InChI=1S/C29H30F2N8/c1-4-39-14-23-26(29(30,31)15-39)35-28(33-23)20-9-7-19(11-16(20)2)27-34-24(38(3)37-27)12-18-8-10-22-21(13-32-36-22)25(18)17-5-6-17/h7-11,13,17H,4-6,12,14-15H2,1-3H3,(H,32,36)(H,33,35). The van der Waals surface area contributed by atoms with Crippen molar-refractivity contribution < 1.29 is 8.78 Å². The number of nitrogens with one attached hydrogen (secondary N) is 2. The van der Waals surface area contributed by atoms with Gasteiger partial charge in [0.05, 0.1) is 24.0 Å². The number of imidazole rings is 1. The number of fused-ring (bicyclic) bond motifs is 2. The molecule has 39 heavy (non-hydrogen) atoms. The molecule has 0 atom stereocenters. The molecule has 0 amide bonds. The molecule has 1 aliphatic heterocycles. The average Bonchev–Trinajstić information content (AvgIpc) is 3.28. The third kappa shape index (κ3) is 4.14. The molecule has 0 unspecified atom stereocenters. The van der Waals surface area contributed by atoms with Gasteiger partial charge in [-0.1, -0.05) is 25.1 Å². The van der Waals surface area contributed by atoms with Gasteiger partial charge in [0, 0.05) is 36.5 Å². The number of hydrogen-bond donors (Lipinski definition) is 2. The van der Waals surface area contributed by atoms with E-state index in [4.69, 9.17) is 10.1 Å². The highest BCUT2D eigenvalue weighted by Gasteiger charge is 2.43. The fourth-order valence-electron chi connectivity index (χ4n) is 5.84. The van der Waals surface area contributed by atoms with Crippen LogP contribution in [0.4, 0.5) is 8.78 Å². The predicted molar refractivity (Wildman–Crippen MR) is 144 cm³/mol. The number of alkyl halides is 2. The molecule has 0 saturated heterocycles. The van der Waals surface area contributed by atoms with Gasteiger partial charge in [0.1, 0.15) is 17.3 Å². The first-order valence-corrected chi connectivity index (χ1v) is 13.5. The molecule has 8 nitrogen and oxygen atoms in total. The molecule has 0 spiro atoms. The van der Waals surface area contributed by atoms with Crippen LogP contribution in [0.2, 0.25) is 0 Å². The second-order valence-corrected chi connectivity index (χ2v) is 10.8. The van der Waals surface area contributed by atoms with Crippen molar-refractivity contribution >= 4 is 10.9 Å². The van der Waals surface area contributed by atoms with Gasteiger partial charge in [-0.2, -0.15) is 19.0 Å². The summed E-state index contributed by atoms with van der Waals surface area (Å²) in [4.78, 5) is 14.1. The van der Waals surface area contributed by atoms with Crippen LogP contribution in [0.3, 0.4) is 0 Å². The summed E-state index contributed by atoms with van der Waals surface area (Å²) in [6, 6.07) is 10.1. The van der Waals surface area contributed by atoms with Crippen molar-refractivity contribution in [3.05, 3.63) is 70.4 Å². The fraction of sp³-hybridized carbons (Fsp3) is 0.379.